The van der Waals surface area contributed by atoms with Crippen molar-refractivity contribution in [3.8, 4) is 11.8 Å². The zero-order valence-corrected chi connectivity index (χ0v) is 26.6. The molecule has 11 heteroatoms. The number of hydrazine groups is 1. The van der Waals surface area contributed by atoms with Crippen molar-refractivity contribution < 1.29 is 23.9 Å². The molecular formula is C32H44N6O5. The first-order chi connectivity index (χ1) is 20.2. The number of rotatable bonds is 11. The Morgan fingerprint density at radius 2 is 1.77 bits per heavy atom. The minimum atomic E-state index is -0.631. The summed E-state index contributed by atoms with van der Waals surface area (Å²) in [4.78, 5) is 42.6. The van der Waals surface area contributed by atoms with Gasteiger partial charge in [0.15, 0.2) is 0 Å². The zero-order chi connectivity index (χ0) is 31.9. The number of methoxy groups -OCH3 is 1. The monoisotopic (exact) mass is 592 g/mol. The van der Waals surface area contributed by atoms with Crippen LogP contribution in [0.3, 0.4) is 0 Å². The predicted octanol–water partition coefficient (Wildman–Crippen LogP) is 3.83. The summed E-state index contributed by atoms with van der Waals surface area (Å²) in [5.41, 5.74) is 3.47. The average Bonchev–Trinajstić information content (AvgIpc) is 3.37. The Bertz CT molecular complexity index is 1360. The Balaban J connectivity index is 1.70. The maximum Gasteiger partial charge on any atom is 0.410 e. The highest BCUT2D eigenvalue weighted by molar-refractivity contribution is 5.87. The number of hydrogen-bond donors (Lipinski definition) is 1. The molecular weight excluding hydrogens is 548 g/mol. The molecule has 0 bridgehead atoms. The third kappa shape index (κ3) is 9.09. The van der Waals surface area contributed by atoms with Crippen LogP contribution in [0.15, 0.2) is 36.4 Å². The van der Waals surface area contributed by atoms with E-state index in [2.05, 4.69) is 11.4 Å². The Morgan fingerprint density at radius 1 is 1.07 bits per heavy atom. The molecule has 0 atom stereocenters. The van der Waals surface area contributed by atoms with E-state index in [4.69, 9.17) is 9.47 Å². The number of fused-ring (bicyclic) bond motifs is 1. The van der Waals surface area contributed by atoms with Gasteiger partial charge in [-0.25, -0.2) is 9.80 Å². The van der Waals surface area contributed by atoms with E-state index in [1.165, 1.54) is 0 Å². The van der Waals surface area contributed by atoms with Gasteiger partial charge in [-0.15, -0.1) is 0 Å². The molecule has 1 aliphatic rings. The van der Waals surface area contributed by atoms with E-state index in [0.717, 1.165) is 22.4 Å². The lowest BCUT2D eigenvalue weighted by atomic mass is 10.1. The quantitative estimate of drug-likeness (QED) is 0.418. The summed E-state index contributed by atoms with van der Waals surface area (Å²) in [6.07, 6.45) is -0.446. The second kappa shape index (κ2) is 14.2. The first kappa shape index (κ1) is 33.2. The molecule has 1 heterocycles. The number of nitrogens with zero attached hydrogens (tertiary/aromatic N) is 5. The maximum absolute atomic E-state index is 13.6. The van der Waals surface area contributed by atoms with E-state index in [1.54, 1.807) is 47.2 Å². The first-order valence-corrected chi connectivity index (χ1v) is 14.4. The lowest BCUT2D eigenvalue weighted by molar-refractivity contribution is -0.145. The summed E-state index contributed by atoms with van der Waals surface area (Å²) in [5, 5.41) is 15.9. The number of nitrogens with one attached hydrogen (secondary N) is 1. The fraction of sp³-hybridized carbons (Fsp3) is 0.500. The smallest absolute Gasteiger partial charge is 0.410 e. The van der Waals surface area contributed by atoms with E-state index in [9.17, 15) is 19.6 Å². The third-order valence-electron chi connectivity index (χ3n) is 7.17. The fourth-order valence-electron chi connectivity index (χ4n) is 4.79. The molecule has 0 radical (unpaired) electrons. The number of hydrogen-bond acceptors (Lipinski definition) is 8. The highest BCUT2D eigenvalue weighted by Crippen LogP contribution is 2.28. The third-order valence-corrected chi connectivity index (χ3v) is 7.17. The minimum Gasteiger partial charge on any atom is -0.497 e. The molecule has 3 rings (SSSR count). The van der Waals surface area contributed by atoms with Gasteiger partial charge >= 0.3 is 6.09 Å². The van der Waals surface area contributed by atoms with Crippen LogP contribution >= 0.6 is 0 Å². The molecule has 0 aromatic heterocycles. The van der Waals surface area contributed by atoms with Crippen molar-refractivity contribution in [2.45, 2.75) is 66.3 Å². The normalized spacial score (nSPS) is 12.7. The maximum atomic E-state index is 13.6. The molecule has 2 aromatic carbocycles. The topological polar surface area (TPSA) is 118 Å². The molecule has 43 heavy (non-hydrogen) atoms. The van der Waals surface area contributed by atoms with Crippen molar-refractivity contribution in [1.82, 2.24) is 20.2 Å². The summed E-state index contributed by atoms with van der Waals surface area (Å²) in [5.74, 6) is 0.248. The van der Waals surface area contributed by atoms with E-state index in [-0.39, 0.29) is 44.0 Å². The number of amides is 3. The number of ether oxygens (including phenoxy) is 2. The van der Waals surface area contributed by atoms with Crippen molar-refractivity contribution in [2.24, 2.45) is 0 Å². The fourth-order valence-corrected chi connectivity index (χ4v) is 4.79. The van der Waals surface area contributed by atoms with Crippen LogP contribution in [0.4, 0.5) is 10.5 Å². The Hall–Kier alpha value is -4.30. The number of anilines is 1. The highest BCUT2D eigenvalue weighted by atomic mass is 16.6. The summed E-state index contributed by atoms with van der Waals surface area (Å²) in [7, 11) is 3.35. The lowest BCUT2D eigenvalue weighted by Gasteiger charge is -2.32. The number of benzene rings is 2. The van der Waals surface area contributed by atoms with Crippen LogP contribution in [0.5, 0.6) is 5.75 Å². The van der Waals surface area contributed by atoms with Gasteiger partial charge in [-0.3, -0.25) is 14.6 Å². The second-order valence-corrected chi connectivity index (χ2v) is 12.0. The van der Waals surface area contributed by atoms with Crippen LogP contribution < -0.4 is 15.0 Å². The molecule has 2 aromatic rings. The Labute approximate surface area is 254 Å². The van der Waals surface area contributed by atoms with Gasteiger partial charge in [0, 0.05) is 45.0 Å². The molecule has 232 valence electrons. The Kier molecular flexibility index (Phi) is 11.0. The standard InChI is InChI=1S/C32H44N6O5/c1-22(2)38(31(41)43-32(4,5)6)14-13-34-29(39)20-36(28-15-24(17-33)10-9-23(28)3)21-30(40)35(7)37-18-25-11-12-27(42-8)16-26(25)19-37/h9-12,15-16,22H,13-14,18-21H2,1-8H3,(H,34,39). The van der Waals surface area contributed by atoms with Gasteiger partial charge in [0.25, 0.3) is 5.91 Å². The van der Waals surface area contributed by atoms with Crippen molar-refractivity contribution in [2.75, 3.05) is 45.2 Å². The van der Waals surface area contributed by atoms with Gasteiger partial charge in [-0.2, -0.15) is 5.26 Å². The van der Waals surface area contributed by atoms with Crippen molar-refractivity contribution >= 4 is 23.6 Å². The van der Waals surface area contributed by atoms with Crippen LogP contribution in [-0.2, 0) is 27.4 Å². The van der Waals surface area contributed by atoms with E-state index < -0.39 is 11.7 Å². The van der Waals surface area contributed by atoms with Gasteiger partial charge in [-0.05, 0) is 82.5 Å². The largest absolute Gasteiger partial charge is 0.497 e. The number of aryl methyl sites for hydroxylation is 1. The number of nitriles is 1. The first-order valence-electron chi connectivity index (χ1n) is 14.4. The molecule has 3 amide bonds. The van der Waals surface area contributed by atoms with Gasteiger partial charge in [-0.1, -0.05) is 12.1 Å². The predicted molar refractivity (Wildman–Crippen MR) is 164 cm³/mol. The Morgan fingerprint density at radius 3 is 2.40 bits per heavy atom. The molecule has 1 aliphatic heterocycles. The molecule has 0 spiro atoms. The minimum absolute atomic E-state index is 0.0775. The van der Waals surface area contributed by atoms with Gasteiger partial charge in [0.2, 0.25) is 5.91 Å². The molecule has 1 N–H and O–H groups in total. The van der Waals surface area contributed by atoms with Crippen LogP contribution in [0.2, 0.25) is 0 Å². The molecule has 11 nitrogen and oxygen atoms in total. The number of likely N-dealkylation sites (N-methyl/N-ethyl adjacent to an activating group) is 1. The van der Waals surface area contributed by atoms with E-state index >= 15 is 0 Å². The second-order valence-electron chi connectivity index (χ2n) is 12.0. The summed E-state index contributed by atoms with van der Waals surface area (Å²) < 4.78 is 10.8. The molecule has 0 unspecified atom stereocenters. The molecule has 0 fully saturated rings. The van der Waals surface area contributed by atoms with Gasteiger partial charge in [0.1, 0.15) is 11.4 Å². The van der Waals surface area contributed by atoms with Gasteiger partial charge in [0.05, 0.1) is 31.8 Å². The average molecular weight is 593 g/mol. The van der Waals surface area contributed by atoms with E-state index in [0.29, 0.717) is 24.3 Å². The van der Waals surface area contributed by atoms with Gasteiger partial charge < -0.3 is 24.6 Å². The van der Waals surface area contributed by atoms with Crippen LogP contribution in [0.1, 0.15) is 56.9 Å². The summed E-state index contributed by atoms with van der Waals surface area (Å²) in [6, 6.07) is 13.1. The van der Waals surface area contributed by atoms with E-state index in [1.807, 2.05) is 64.8 Å². The van der Waals surface area contributed by atoms with Crippen LogP contribution in [0.25, 0.3) is 0 Å². The van der Waals surface area contributed by atoms with Crippen molar-refractivity contribution in [3.63, 3.8) is 0 Å². The molecule has 0 saturated heterocycles. The number of carbonyl (C=O) groups excluding carboxylic acids is 3. The molecule has 0 saturated carbocycles. The zero-order valence-electron chi connectivity index (χ0n) is 26.6. The number of carbonyl (C=O) groups is 3. The lowest BCUT2D eigenvalue weighted by Crippen LogP contribution is -2.49. The van der Waals surface area contributed by atoms with Crippen molar-refractivity contribution in [1.29, 1.82) is 5.26 Å². The SMILES string of the molecule is COc1ccc2c(c1)CN(N(C)C(=O)CN(CC(=O)NCCN(C(=O)OC(C)(C)C)C(C)C)c1cc(C#N)ccc1C)C2. The van der Waals surface area contributed by atoms with Crippen molar-refractivity contribution in [3.05, 3.63) is 58.7 Å². The summed E-state index contributed by atoms with van der Waals surface area (Å²) in [6.45, 7) is 12.5. The van der Waals surface area contributed by atoms with Crippen LogP contribution in [-0.4, -0.2) is 84.8 Å². The van der Waals surface area contributed by atoms with Crippen LogP contribution in [0, 0.1) is 18.3 Å². The highest BCUT2D eigenvalue weighted by Gasteiger charge is 2.28. The summed E-state index contributed by atoms with van der Waals surface area (Å²) >= 11 is 0. The molecule has 0 aliphatic carbocycles.